The highest BCUT2D eigenvalue weighted by Gasteiger charge is 2.30. The minimum absolute atomic E-state index is 0.282. The lowest BCUT2D eigenvalue weighted by Gasteiger charge is -2.26. The van der Waals surface area contributed by atoms with Gasteiger partial charge in [-0.2, -0.15) is 10.2 Å². The smallest absolute Gasteiger partial charge is 0.183 e. The fraction of sp³-hybridized carbons (Fsp3) is 0.174. The van der Waals surface area contributed by atoms with Crippen molar-refractivity contribution < 1.29 is 8.78 Å². The molecule has 164 valence electrons. The first-order valence-corrected chi connectivity index (χ1v) is 10.5. The van der Waals surface area contributed by atoms with E-state index in [1.54, 1.807) is 40.2 Å². The van der Waals surface area contributed by atoms with Crippen molar-refractivity contribution >= 4 is 11.5 Å². The summed E-state index contributed by atoms with van der Waals surface area (Å²) in [6.45, 7) is 0.700. The number of benzene rings is 1. The standard InChI is InChI=1S/C23H18F2N8/c24-16-3-4-18(25)17(10-16)20-2-1-8-31(20)22-5-9-32-23(30-22)21(13-29-32)33-14-15(11-28-33)19-12-26-6-7-27-19/h3-7,9-14,20H,1-2,8H2. The van der Waals surface area contributed by atoms with Crippen LogP contribution in [0.25, 0.3) is 22.6 Å². The Morgan fingerprint density at radius 3 is 2.82 bits per heavy atom. The van der Waals surface area contributed by atoms with Crippen molar-refractivity contribution in [2.45, 2.75) is 18.9 Å². The van der Waals surface area contributed by atoms with Gasteiger partial charge in [0.1, 0.15) is 23.1 Å². The number of anilines is 1. The number of rotatable bonds is 4. The second-order valence-electron chi connectivity index (χ2n) is 7.87. The van der Waals surface area contributed by atoms with Crippen molar-refractivity contribution in [3.05, 3.63) is 84.8 Å². The van der Waals surface area contributed by atoms with Gasteiger partial charge in [0.2, 0.25) is 0 Å². The third-order valence-electron chi connectivity index (χ3n) is 5.89. The van der Waals surface area contributed by atoms with Crippen LogP contribution in [-0.2, 0) is 0 Å². The van der Waals surface area contributed by atoms with Crippen LogP contribution in [0.2, 0.25) is 0 Å². The van der Waals surface area contributed by atoms with Crippen LogP contribution < -0.4 is 4.90 Å². The molecule has 1 unspecified atom stereocenters. The second kappa shape index (κ2) is 7.73. The topological polar surface area (TPSA) is 77.0 Å². The molecule has 5 aromatic rings. The fourth-order valence-corrected chi connectivity index (χ4v) is 4.34. The molecule has 6 rings (SSSR count). The molecular formula is C23H18F2N8. The van der Waals surface area contributed by atoms with Gasteiger partial charge in [0.05, 0.1) is 30.3 Å². The van der Waals surface area contributed by atoms with Crippen molar-refractivity contribution in [2.75, 3.05) is 11.4 Å². The lowest BCUT2D eigenvalue weighted by atomic mass is 10.0. The Kier molecular flexibility index (Phi) is 4.56. The minimum Gasteiger partial charge on any atom is -0.349 e. The van der Waals surface area contributed by atoms with E-state index in [9.17, 15) is 8.78 Å². The van der Waals surface area contributed by atoms with Gasteiger partial charge in [-0.1, -0.05) is 0 Å². The summed E-state index contributed by atoms with van der Waals surface area (Å²) in [4.78, 5) is 15.2. The molecule has 1 aromatic carbocycles. The molecule has 1 fully saturated rings. The van der Waals surface area contributed by atoms with E-state index in [1.807, 2.05) is 23.4 Å². The number of hydrogen-bond acceptors (Lipinski definition) is 6. The lowest BCUT2D eigenvalue weighted by molar-refractivity contribution is 0.560. The van der Waals surface area contributed by atoms with Gasteiger partial charge < -0.3 is 4.90 Å². The van der Waals surface area contributed by atoms with Crippen LogP contribution in [0.3, 0.4) is 0 Å². The average Bonchev–Trinajstić information content (AvgIpc) is 3.60. The molecule has 33 heavy (non-hydrogen) atoms. The van der Waals surface area contributed by atoms with Crippen LogP contribution in [0.5, 0.6) is 0 Å². The molecule has 4 aromatic heterocycles. The summed E-state index contributed by atoms with van der Waals surface area (Å²) >= 11 is 0. The number of hydrogen-bond donors (Lipinski definition) is 0. The van der Waals surface area contributed by atoms with E-state index >= 15 is 0 Å². The van der Waals surface area contributed by atoms with E-state index in [-0.39, 0.29) is 6.04 Å². The first-order chi connectivity index (χ1) is 16.2. The Hall–Kier alpha value is -4.21. The van der Waals surface area contributed by atoms with Gasteiger partial charge in [-0.05, 0) is 37.1 Å². The molecule has 1 saturated heterocycles. The van der Waals surface area contributed by atoms with Crippen molar-refractivity contribution in [2.24, 2.45) is 0 Å². The molecule has 1 aliphatic rings. The van der Waals surface area contributed by atoms with Gasteiger partial charge in [-0.3, -0.25) is 9.97 Å². The fourth-order valence-electron chi connectivity index (χ4n) is 4.34. The van der Waals surface area contributed by atoms with Gasteiger partial charge in [0.25, 0.3) is 0 Å². The van der Waals surface area contributed by atoms with Crippen LogP contribution in [0.4, 0.5) is 14.6 Å². The van der Waals surface area contributed by atoms with Crippen molar-refractivity contribution in [3.8, 4) is 16.9 Å². The Labute approximate surface area is 187 Å². The van der Waals surface area contributed by atoms with E-state index in [4.69, 9.17) is 4.98 Å². The van der Waals surface area contributed by atoms with E-state index in [0.717, 1.165) is 24.5 Å². The third-order valence-corrected chi connectivity index (χ3v) is 5.89. The first-order valence-electron chi connectivity index (χ1n) is 10.5. The van der Waals surface area contributed by atoms with Crippen molar-refractivity contribution in [1.29, 1.82) is 0 Å². The Bertz CT molecular complexity index is 1450. The SMILES string of the molecule is Fc1ccc(F)c(C2CCCN2c2ccn3ncc(-n4cc(-c5cnccn5)cn4)c3n2)c1. The highest BCUT2D eigenvalue weighted by molar-refractivity contribution is 5.63. The highest BCUT2D eigenvalue weighted by Crippen LogP contribution is 2.37. The number of fused-ring (bicyclic) bond motifs is 1. The molecule has 0 aliphatic carbocycles. The molecule has 5 heterocycles. The Morgan fingerprint density at radius 1 is 1.00 bits per heavy atom. The van der Waals surface area contributed by atoms with Gasteiger partial charge in [-0.15, -0.1) is 0 Å². The number of halogens is 2. The number of nitrogens with zero attached hydrogens (tertiary/aromatic N) is 8. The maximum Gasteiger partial charge on any atom is 0.183 e. The van der Waals surface area contributed by atoms with E-state index < -0.39 is 11.6 Å². The monoisotopic (exact) mass is 444 g/mol. The van der Waals surface area contributed by atoms with E-state index in [2.05, 4.69) is 20.2 Å². The first kappa shape index (κ1) is 19.5. The molecule has 1 aliphatic heterocycles. The molecule has 10 heteroatoms. The quantitative estimate of drug-likeness (QED) is 0.417. The van der Waals surface area contributed by atoms with Crippen LogP contribution in [0.1, 0.15) is 24.4 Å². The van der Waals surface area contributed by atoms with Crippen LogP contribution in [0.15, 0.2) is 67.6 Å². The molecular weight excluding hydrogens is 426 g/mol. The summed E-state index contributed by atoms with van der Waals surface area (Å²) < 4.78 is 31.7. The summed E-state index contributed by atoms with van der Waals surface area (Å²) in [5, 5.41) is 8.83. The largest absolute Gasteiger partial charge is 0.349 e. The Morgan fingerprint density at radius 2 is 1.94 bits per heavy atom. The van der Waals surface area contributed by atoms with Gasteiger partial charge in [-0.25, -0.2) is 23.0 Å². The molecule has 0 radical (unpaired) electrons. The lowest BCUT2D eigenvalue weighted by Crippen LogP contribution is -2.24. The van der Waals surface area contributed by atoms with Crippen molar-refractivity contribution in [1.82, 2.24) is 34.3 Å². The van der Waals surface area contributed by atoms with Gasteiger partial charge in [0, 0.05) is 42.5 Å². The maximum absolute atomic E-state index is 14.5. The van der Waals surface area contributed by atoms with Crippen molar-refractivity contribution in [3.63, 3.8) is 0 Å². The van der Waals surface area contributed by atoms with Gasteiger partial charge in [0.15, 0.2) is 5.65 Å². The second-order valence-corrected chi connectivity index (χ2v) is 7.87. The van der Waals surface area contributed by atoms with Crippen LogP contribution >= 0.6 is 0 Å². The normalized spacial score (nSPS) is 16.1. The summed E-state index contributed by atoms with van der Waals surface area (Å²) in [5.41, 5.74) is 3.18. The van der Waals surface area contributed by atoms with E-state index in [1.165, 1.54) is 12.1 Å². The summed E-state index contributed by atoms with van der Waals surface area (Å²) in [5.74, 6) is -0.179. The molecule has 0 N–H and O–H groups in total. The summed E-state index contributed by atoms with van der Waals surface area (Å²) in [6, 6.07) is 5.15. The predicted molar refractivity (Wildman–Crippen MR) is 117 cm³/mol. The zero-order chi connectivity index (χ0) is 22.4. The molecule has 0 spiro atoms. The molecule has 1 atom stereocenters. The van der Waals surface area contributed by atoms with Crippen LogP contribution in [0, 0.1) is 11.6 Å². The summed E-state index contributed by atoms with van der Waals surface area (Å²) in [6.07, 6.45) is 13.6. The number of aromatic nitrogens is 7. The minimum atomic E-state index is -0.447. The molecule has 0 amide bonds. The zero-order valence-corrected chi connectivity index (χ0v) is 17.4. The van der Waals surface area contributed by atoms with E-state index in [0.29, 0.717) is 35.0 Å². The molecule has 0 bridgehead atoms. The summed E-state index contributed by atoms with van der Waals surface area (Å²) in [7, 11) is 0. The third kappa shape index (κ3) is 3.39. The van der Waals surface area contributed by atoms with Gasteiger partial charge >= 0.3 is 0 Å². The average molecular weight is 444 g/mol. The Balaban J connectivity index is 1.38. The predicted octanol–water partition coefficient (Wildman–Crippen LogP) is 3.99. The molecule has 8 nitrogen and oxygen atoms in total. The zero-order valence-electron chi connectivity index (χ0n) is 17.4. The highest BCUT2D eigenvalue weighted by atomic mass is 19.1. The van der Waals surface area contributed by atoms with Crippen LogP contribution in [-0.4, -0.2) is 40.9 Å². The maximum atomic E-state index is 14.5. The molecule has 0 saturated carbocycles.